The highest BCUT2D eigenvalue weighted by molar-refractivity contribution is 9.10. The standard InChI is InChI=1S/C11H17BrN4O/c1-16-11(17)10(12)9(7-15-16)14-6-4-8-3-2-5-13-8/h7-8,13-14H,2-6H2,1H3/t8-/m1/s1. The van der Waals surface area contributed by atoms with Gasteiger partial charge >= 0.3 is 0 Å². The first-order chi connectivity index (χ1) is 8.18. The number of rotatable bonds is 4. The van der Waals surface area contributed by atoms with Crippen molar-refractivity contribution in [3.8, 4) is 0 Å². The first kappa shape index (κ1) is 12.6. The van der Waals surface area contributed by atoms with E-state index in [2.05, 4.69) is 31.7 Å². The highest BCUT2D eigenvalue weighted by Crippen LogP contribution is 2.16. The number of nitrogens with one attached hydrogen (secondary N) is 2. The van der Waals surface area contributed by atoms with Crippen molar-refractivity contribution < 1.29 is 0 Å². The minimum Gasteiger partial charge on any atom is -0.383 e. The summed E-state index contributed by atoms with van der Waals surface area (Å²) in [5.74, 6) is 0. The van der Waals surface area contributed by atoms with Crippen LogP contribution in [0.4, 0.5) is 5.69 Å². The molecule has 0 radical (unpaired) electrons. The molecule has 0 aliphatic carbocycles. The molecular formula is C11H17BrN4O. The van der Waals surface area contributed by atoms with E-state index in [1.165, 1.54) is 17.5 Å². The molecule has 17 heavy (non-hydrogen) atoms. The third-order valence-corrected chi connectivity index (χ3v) is 3.82. The Balaban J connectivity index is 1.90. The summed E-state index contributed by atoms with van der Waals surface area (Å²) in [6.07, 6.45) is 5.26. The minimum atomic E-state index is -0.117. The van der Waals surface area contributed by atoms with Gasteiger partial charge in [-0.05, 0) is 41.7 Å². The molecule has 0 aromatic carbocycles. The largest absolute Gasteiger partial charge is 0.383 e. The highest BCUT2D eigenvalue weighted by atomic mass is 79.9. The van der Waals surface area contributed by atoms with Gasteiger partial charge in [0.15, 0.2) is 0 Å². The van der Waals surface area contributed by atoms with Crippen LogP contribution < -0.4 is 16.2 Å². The van der Waals surface area contributed by atoms with Gasteiger partial charge < -0.3 is 10.6 Å². The summed E-state index contributed by atoms with van der Waals surface area (Å²) in [6.45, 7) is 1.98. The predicted octanol–water partition coefficient (Wildman–Crippen LogP) is 1.10. The molecule has 1 fully saturated rings. The second-order valence-electron chi connectivity index (χ2n) is 4.31. The summed E-state index contributed by atoms with van der Waals surface area (Å²) >= 11 is 3.29. The molecule has 1 saturated heterocycles. The molecule has 0 unspecified atom stereocenters. The van der Waals surface area contributed by atoms with Gasteiger partial charge in [0.1, 0.15) is 4.47 Å². The topological polar surface area (TPSA) is 59.0 Å². The third kappa shape index (κ3) is 3.07. The van der Waals surface area contributed by atoms with Crippen LogP contribution >= 0.6 is 15.9 Å². The summed E-state index contributed by atoms with van der Waals surface area (Å²) in [5, 5.41) is 10.7. The van der Waals surface area contributed by atoms with E-state index in [1.54, 1.807) is 13.2 Å². The van der Waals surface area contributed by atoms with Crippen LogP contribution in [-0.2, 0) is 7.05 Å². The van der Waals surface area contributed by atoms with Crippen molar-refractivity contribution in [1.82, 2.24) is 15.1 Å². The van der Waals surface area contributed by atoms with Gasteiger partial charge in [-0.2, -0.15) is 5.10 Å². The quantitative estimate of drug-likeness (QED) is 0.874. The highest BCUT2D eigenvalue weighted by Gasteiger charge is 2.13. The van der Waals surface area contributed by atoms with Gasteiger partial charge in [-0.1, -0.05) is 0 Å². The van der Waals surface area contributed by atoms with Gasteiger partial charge in [0.05, 0.1) is 11.9 Å². The number of hydrogen-bond donors (Lipinski definition) is 2. The van der Waals surface area contributed by atoms with E-state index in [0.29, 0.717) is 10.5 Å². The second-order valence-corrected chi connectivity index (χ2v) is 5.10. The molecule has 0 spiro atoms. The molecule has 1 aromatic rings. The normalized spacial score (nSPS) is 19.5. The average Bonchev–Trinajstić information content (AvgIpc) is 2.82. The van der Waals surface area contributed by atoms with Crippen LogP contribution in [0.1, 0.15) is 19.3 Å². The molecule has 2 N–H and O–H groups in total. The molecule has 1 aliphatic heterocycles. The van der Waals surface area contributed by atoms with E-state index in [-0.39, 0.29) is 5.56 Å². The Morgan fingerprint density at radius 3 is 3.24 bits per heavy atom. The SMILES string of the molecule is Cn1ncc(NCC[C@H]2CCCN2)c(Br)c1=O. The first-order valence-corrected chi connectivity index (χ1v) is 6.67. The fraction of sp³-hybridized carbons (Fsp3) is 0.636. The molecule has 5 nitrogen and oxygen atoms in total. The summed E-state index contributed by atoms with van der Waals surface area (Å²) in [6, 6.07) is 0.612. The fourth-order valence-electron chi connectivity index (χ4n) is 2.02. The van der Waals surface area contributed by atoms with Crippen molar-refractivity contribution in [3.63, 3.8) is 0 Å². The van der Waals surface area contributed by atoms with Gasteiger partial charge in [-0.25, -0.2) is 4.68 Å². The van der Waals surface area contributed by atoms with Crippen molar-refractivity contribution >= 4 is 21.6 Å². The van der Waals surface area contributed by atoms with Crippen LogP contribution in [-0.4, -0.2) is 28.9 Å². The zero-order valence-corrected chi connectivity index (χ0v) is 11.5. The smallest absolute Gasteiger partial charge is 0.282 e. The summed E-state index contributed by atoms with van der Waals surface area (Å²) in [7, 11) is 1.64. The van der Waals surface area contributed by atoms with Crippen LogP contribution in [0.3, 0.4) is 0 Å². The number of nitrogens with zero attached hydrogens (tertiary/aromatic N) is 2. The van der Waals surface area contributed by atoms with E-state index in [9.17, 15) is 4.79 Å². The van der Waals surface area contributed by atoms with Crippen LogP contribution in [0.25, 0.3) is 0 Å². The Labute approximate surface area is 109 Å². The lowest BCUT2D eigenvalue weighted by Gasteiger charge is -2.12. The van der Waals surface area contributed by atoms with Crippen molar-refractivity contribution in [2.45, 2.75) is 25.3 Å². The zero-order chi connectivity index (χ0) is 12.3. The van der Waals surface area contributed by atoms with E-state index in [4.69, 9.17) is 0 Å². The molecule has 0 saturated carbocycles. The van der Waals surface area contributed by atoms with E-state index in [0.717, 1.165) is 25.2 Å². The number of halogens is 1. The summed E-state index contributed by atoms with van der Waals surface area (Å²) in [5.41, 5.74) is 0.653. The lowest BCUT2D eigenvalue weighted by atomic mass is 10.1. The molecule has 0 bridgehead atoms. The van der Waals surface area contributed by atoms with Gasteiger partial charge in [-0.3, -0.25) is 4.79 Å². The zero-order valence-electron chi connectivity index (χ0n) is 9.87. The number of aromatic nitrogens is 2. The van der Waals surface area contributed by atoms with Crippen molar-refractivity contribution in [3.05, 3.63) is 21.0 Å². The molecule has 2 heterocycles. The van der Waals surface area contributed by atoms with Gasteiger partial charge in [0.2, 0.25) is 0 Å². The third-order valence-electron chi connectivity index (χ3n) is 3.05. The fourth-order valence-corrected chi connectivity index (χ4v) is 2.52. The van der Waals surface area contributed by atoms with Crippen LogP contribution in [0.2, 0.25) is 0 Å². The Hall–Kier alpha value is -0.880. The summed E-state index contributed by atoms with van der Waals surface area (Å²) < 4.78 is 1.86. The van der Waals surface area contributed by atoms with Crippen molar-refractivity contribution in [1.29, 1.82) is 0 Å². The average molecular weight is 301 g/mol. The second kappa shape index (κ2) is 5.64. The molecule has 0 amide bonds. The molecule has 1 aliphatic rings. The van der Waals surface area contributed by atoms with Crippen molar-refractivity contribution in [2.24, 2.45) is 7.05 Å². The Kier molecular flexibility index (Phi) is 4.17. The summed E-state index contributed by atoms with van der Waals surface area (Å²) in [4.78, 5) is 11.6. The molecule has 2 rings (SSSR count). The predicted molar refractivity (Wildman–Crippen MR) is 71.3 cm³/mol. The minimum absolute atomic E-state index is 0.117. The van der Waals surface area contributed by atoms with Gasteiger partial charge in [-0.15, -0.1) is 0 Å². The van der Waals surface area contributed by atoms with Crippen LogP contribution in [0.15, 0.2) is 15.5 Å². The maximum Gasteiger partial charge on any atom is 0.282 e. The van der Waals surface area contributed by atoms with E-state index >= 15 is 0 Å². The number of anilines is 1. The van der Waals surface area contributed by atoms with Gasteiger partial charge in [0.25, 0.3) is 5.56 Å². The molecule has 6 heteroatoms. The Morgan fingerprint density at radius 1 is 1.71 bits per heavy atom. The lowest BCUT2D eigenvalue weighted by molar-refractivity contribution is 0.574. The van der Waals surface area contributed by atoms with Crippen molar-refractivity contribution in [2.75, 3.05) is 18.4 Å². The molecule has 1 atom stereocenters. The lowest BCUT2D eigenvalue weighted by Crippen LogP contribution is -2.25. The molecular weight excluding hydrogens is 284 g/mol. The maximum atomic E-state index is 11.6. The maximum absolute atomic E-state index is 11.6. The van der Waals surface area contributed by atoms with Crippen LogP contribution in [0.5, 0.6) is 0 Å². The number of aryl methyl sites for hydroxylation is 1. The molecule has 94 valence electrons. The van der Waals surface area contributed by atoms with E-state index in [1.807, 2.05) is 0 Å². The van der Waals surface area contributed by atoms with Crippen LogP contribution in [0, 0.1) is 0 Å². The Morgan fingerprint density at radius 2 is 2.53 bits per heavy atom. The number of hydrogen-bond acceptors (Lipinski definition) is 4. The Bertz CT molecular complexity index is 440. The van der Waals surface area contributed by atoms with Gasteiger partial charge in [0, 0.05) is 19.6 Å². The molecule has 1 aromatic heterocycles. The van der Waals surface area contributed by atoms with E-state index < -0.39 is 0 Å². The monoisotopic (exact) mass is 300 g/mol. The first-order valence-electron chi connectivity index (χ1n) is 5.87.